The second-order valence-corrected chi connectivity index (χ2v) is 5.08. The number of nitrogens with one attached hydrogen (secondary N) is 1. The molecule has 0 fully saturated rings. The Bertz CT molecular complexity index is 890. The van der Waals surface area contributed by atoms with Crippen LogP contribution in [0, 0.1) is 6.92 Å². The molecule has 128 valence electrons. The molecule has 0 saturated heterocycles. The zero-order chi connectivity index (χ0) is 18.0. The van der Waals surface area contributed by atoms with E-state index in [9.17, 15) is 18.0 Å². The van der Waals surface area contributed by atoms with Gasteiger partial charge in [-0.3, -0.25) is 9.78 Å². The summed E-state index contributed by atoms with van der Waals surface area (Å²) in [5, 5.41) is 6.33. The van der Waals surface area contributed by atoms with E-state index in [2.05, 4.69) is 20.4 Å². The molecule has 0 radical (unpaired) electrons. The van der Waals surface area contributed by atoms with Gasteiger partial charge >= 0.3 is 6.18 Å². The van der Waals surface area contributed by atoms with E-state index in [1.54, 1.807) is 0 Å². The third kappa shape index (κ3) is 3.49. The number of aromatic nitrogens is 3. The van der Waals surface area contributed by atoms with Gasteiger partial charge in [-0.15, -0.1) is 0 Å². The largest absolute Gasteiger partial charge is 0.416 e. The summed E-state index contributed by atoms with van der Waals surface area (Å²) in [6, 6.07) is 4.31. The third-order valence-electron chi connectivity index (χ3n) is 3.38. The van der Waals surface area contributed by atoms with E-state index in [0.717, 1.165) is 12.1 Å². The van der Waals surface area contributed by atoms with Gasteiger partial charge in [0.1, 0.15) is 17.0 Å². The molecule has 0 aliphatic rings. The first kappa shape index (κ1) is 16.6. The predicted octanol–water partition coefficient (Wildman–Crippen LogP) is 3.71. The summed E-state index contributed by atoms with van der Waals surface area (Å²) in [4.78, 5) is 20.2. The van der Waals surface area contributed by atoms with E-state index in [1.807, 2.05) is 0 Å². The van der Waals surface area contributed by atoms with E-state index >= 15 is 0 Å². The van der Waals surface area contributed by atoms with E-state index in [0.29, 0.717) is 5.56 Å². The van der Waals surface area contributed by atoms with E-state index in [1.165, 1.54) is 37.6 Å². The summed E-state index contributed by atoms with van der Waals surface area (Å²) >= 11 is 0. The highest BCUT2D eigenvalue weighted by molar-refractivity contribution is 6.08. The van der Waals surface area contributed by atoms with Crippen LogP contribution in [0.3, 0.4) is 0 Å². The molecule has 0 saturated carbocycles. The maximum absolute atomic E-state index is 12.7. The van der Waals surface area contributed by atoms with Crippen LogP contribution in [0.25, 0.3) is 11.3 Å². The lowest BCUT2D eigenvalue weighted by atomic mass is 10.0. The highest BCUT2D eigenvalue weighted by atomic mass is 19.4. The molecule has 9 heteroatoms. The number of alkyl halides is 3. The molecule has 2 aromatic heterocycles. The van der Waals surface area contributed by atoms with Crippen LogP contribution in [0.15, 0.2) is 47.4 Å². The fraction of sp³-hybridized carbons (Fsp3) is 0.125. The molecule has 3 aromatic rings. The summed E-state index contributed by atoms with van der Waals surface area (Å²) in [5.41, 5.74) is -0.200. The molecule has 0 bridgehead atoms. The van der Waals surface area contributed by atoms with Crippen LogP contribution in [-0.2, 0) is 6.18 Å². The Labute approximate surface area is 139 Å². The van der Waals surface area contributed by atoms with Gasteiger partial charge in [0, 0.05) is 18.0 Å². The summed E-state index contributed by atoms with van der Waals surface area (Å²) in [7, 11) is 0. The quantitative estimate of drug-likeness (QED) is 0.780. The minimum atomic E-state index is -4.44. The van der Waals surface area contributed by atoms with Crippen molar-refractivity contribution in [3.63, 3.8) is 0 Å². The van der Waals surface area contributed by atoms with Crippen molar-refractivity contribution in [2.45, 2.75) is 13.1 Å². The average Bonchev–Trinajstić information content (AvgIpc) is 2.97. The average molecular weight is 348 g/mol. The monoisotopic (exact) mass is 348 g/mol. The number of carbonyl (C=O) groups is 1. The lowest BCUT2D eigenvalue weighted by Gasteiger charge is -2.07. The Hall–Kier alpha value is -3.23. The Morgan fingerprint density at radius 1 is 1.16 bits per heavy atom. The smallest absolute Gasteiger partial charge is 0.360 e. The molecule has 1 amide bonds. The van der Waals surface area contributed by atoms with Gasteiger partial charge in [-0.2, -0.15) is 13.2 Å². The van der Waals surface area contributed by atoms with Gasteiger partial charge in [0.15, 0.2) is 5.82 Å². The van der Waals surface area contributed by atoms with Crippen LogP contribution in [-0.4, -0.2) is 21.0 Å². The molecule has 25 heavy (non-hydrogen) atoms. The SMILES string of the molecule is Cc1onc(-c2ccc(C(F)(F)F)cc2)c1C(=O)Nc1cnccn1. The summed E-state index contributed by atoms with van der Waals surface area (Å²) < 4.78 is 43.0. The summed E-state index contributed by atoms with van der Waals surface area (Å²) in [5.74, 6) is -0.0862. The topological polar surface area (TPSA) is 80.9 Å². The van der Waals surface area contributed by atoms with Gasteiger partial charge < -0.3 is 9.84 Å². The highest BCUT2D eigenvalue weighted by Crippen LogP contribution is 2.32. The van der Waals surface area contributed by atoms with E-state index in [-0.39, 0.29) is 22.8 Å². The Morgan fingerprint density at radius 2 is 1.88 bits per heavy atom. The molecule has 0 aliphatic carbocycles. The Kier molecular flexibility index (Phi) is 4.22. The molecule has 1 N–H and O–H groups in total. The second kappa shape index (κ2) is 6.34. The van der Waals surface area contributed by atoms with Crippen molar-refractivity contribution in [3.05, 3.63) is 59.7 Å². The van der Waals surface area contributed by atoms with E-state index < -0.39 is 17.6 Å². The number of carbonyl (C=O) groups excluding carboxylic acids is 1. The number of amides is 1. The standard InChI is InChI=1S/C16H11F3N4O2/c1-9-13(15(24)22-12-8-20-6-7-21-12)14(23-25-9)10-2-4-11(5-3-10)16(17,18)19/h2-8H,1H3,(H,21,22,24). The van der Waals surface area contributed by atoms with Gasteiger partial charge in [-0.05, 0) is 19.1 Å². The maximum atomic E-state index is 12.7. The lowest BCUT2D eigenvalue weighted by molar-refractivity contribution is -0.137. The zero-order valence-electron chi connectivity index (χ0n) is 12.8. The molecule has 2 heterocycles. The van der Waals surface area contributed by atoms with Crippen LogP contribution in [0.2, 0.25) is 0 Å². The van der Waals surface area contributed by atoms with Gasteiger partial charge in [-0.1, -0.05) is 17.3 Å². The van der Waals surface area contributed by atoms with Crippen molar-refractivity contribution < 1.29 is 22.5 Å². The normalized spacial score (nSPS) is 11.4. The first-order valence-electron chi connectivity index (χ1n) is 7.07. The fourth-order valence-electron chi connectivity index (χ4n) is 2.20. The molecule has 0 atom stereocenters. The van der Waals surface area contributed by atoms with E-state index in [4.69, 9.17) is 4.52 Å². The molecule has 6 nitrogen and oxygen atoms in total. The fourth-order valence-corrected chi connectivity index (χ4v) is 2.20. The lowest BCUT2D eigenvalue weighted by Crippen LogP contribution is -2.14. The van der Waals surface area contributed by atoms with Crippen molar-refractivity contribution in [1.82, 2.24) is 15.1 Å². The maximum Gasteiger partial charge on any atom is 0.416 e. The first-order chi connectivity index (χ1) is 11.9. The van der Waals surface area contributed by atoms with Gasteiger partial charge in [0.2, 0.25) is 0 Å². The number of rotatable bonds is 3. The van der Waals surface area contributed by atoms with Crippen molar-refractivity contribution in [2.75, 3.05) is 5.32 Å². The zero-order valence-corrected chi connectivity index (χ0v) is 12.8. The summed E-state index contributed by atoms with van der Waals surface area (Å²) in [6.45, 7) is 1.53. The minimum Gasteiger partial charge on any atom is -0.360 e. The van der Waals surface area contributed by atoms with Crippen LogP contribution in [0.1, 0.15) is 21.7 Å². The van der Waals surface area contributed by atoms with Crippen molar-refractivity contribution in [3.8, 4) is 11.3 Å². The number of hydrogen-bond acceptors (Lipinski definition) is 5. The van der Waals surface area contributed by atoms with Gasteiger partial charge in [0.25, 0.3) is 5.91 Å². The molecular weight excluding hydrogens is 337 g/mol. The van der Waals surface area contributed by atoms with Crippen LogP contribution in [0.5, 0.6) is 0 Å². The number of hydrogen-bond donors (Lipinski definition) is 1. The van der Waals surface area contributed by atoms with Crippen LogP contribution in [0.4, 0.5) is 19.0 Å². The Balaban J connectivity index is 1.93. The van der Waals surface area contributed by atoms with Crippen molar-refractivity contribution in [1.29, 1.82) is 0 Å². The Morgan fingerprint density at radius 3 is 2.48 bits per heavy atom. The highest BCUT2D eigenvalue weighted by Gasteiger charge is 2.30. The molecule has 3 rings (SSSR count). The van der Waals surface area contributed by atoms with Crippen molar-refractivity contribution in [2.24, 2.45) is 0 Å². The van der Waals surface area contributed by atoms with Crippen molar-refractivity contribution >= 4 is 11.7 Å². The van der Waals surface area contributed by atoms with Gasteiger partial charge in [-0.25, -0.2) is 4.98 Å². The van der Waals surface area contributed by atoms with Crippen LogP contribution >= 0.6 is 0 Å². The number of anilines is 1. The molecule has 0 unspecified atom stereocenters. The molecular formula is C16H11F3N4O2. The molecule has 0 aliphatic heterocycles. The summed E-state index contributed by atoms with van der Waals surface area (Å²) in [6.07, 6.45) is -0.218. The number of nitrogens with zero attached hydrogens (tertiary/aromatic N) is 3. The first-order valence-corrected chi connectivity index (χ1v) is 7.07. The van der Waals surface area contributed by atoms with Crippen LogP contribution < -0.4 is 5.32 Å². The van der Waals surface area contributed by atoms with Gasteiger partial charge in [0.05, 0.1) is 11.8 Å². The number of aryl methyl sites for hydroxylation is 1. The molecule has 0 spiro atoms. The third-order valence-corrected chi connectivity index (χ3v) is 3.38. The number of benzene rings is 1. The second-order valence-electron chi connectivity index (χ2n) is 5.08. The number of halogens is 3. The minimum absolute atomic E-state index is 0.116. The predicted molar refractivity (Wildman–Crippen MR) is 81.7 cm³/mol. The molecule has 1 aromatic carbocycles.